The Morgan fingerprint density at radius 2 is 1.69 bits per heavy atom. The molecule has 1 amide bonds. The van der Waals surface area contributed by atoms with E-state index in [0.29, 0.717) is 24.7 Å². The molecule has 1 saturated heterocycles. The highest BCUT2D eigenvalue weighted by molar-refractivity contribution is 5.79. The van der Waals surface area contributed by atoms with Gasteiger partial charge in [-0.25, -0.2) is 19.1 Å². The Kier molecular flexibility index (Phi) is 9.66. The van der Waals surface area contributed by atoms with Gasteiger partial charge in [0.25, 0.3) is 11.1 Å². The number of imidazole rings is 1. The minimum Gasteiger partial charge on any atom is -0.459 e. The molecule has 1 aromatic carbocycles. The number of benzene rings is 1. The highest BCUT2D eigenvalue weighted by Crippen LogP contribution is 2.23. The molecule has 0 bridgehead atoms. The van der Waals surface area contributed by atoms with Gasteiger partial charge in [-0.2, -0.15) is 0 Å². The van der Waals surface area contributed by atoms with Gasteiger partial charge in [-0.05, 0) is 73.4 Å². The molecule has 3 aromatic heterocycles. The number of pyridine rings is 1. The first-order valence-corrected chi connectivity index (χ1v) is 16.1. The van der Waals surface area contributed by atoms with Crippen LogP contribution in [0.1, 0.15) is 67.0 Å². The van der Waals surface area contributed by atoms with E-state index in [9.17, 15) is 19.2 Å². The van der Waals surface area contributed by atoms with E-state index >= 15 is 0 Å². The van der Waals surface area contributed by atoms with E-state index in [2.05, 4.69) is 17.2 Å². The third-order valence-electron chi connectivity index (χ3n) is 7.62. The fourth-order valence-corrected chi connectivity index (χ4v) is 5.73. The molecule has 4 heterocycles. The second-order valence-corrected chi connectivity index (χ2v) is 13.9. The quantitative estimate of drug-likeness (QED) is 0.232. The molecular formula is C35H43N7O6. The zero-order chi connectivity index (χ0) is 34.8. The number of fused-ring (bicyclic) bond motifs is 2. The van der Waals surface area contributed by atoms with Crippen LogP contribution in [0.2, 0.25) is 0 Å². The lowest BCUT2D eigenvalue weighted by molar-refractivity contribution is -0.156. The molecule has 4 aromatic rings. The molecule has 0 spiro atoms. The summed E-state index contributed by atoms with van der Waals surface area (Å²) in [6, 6.07) is 11.0. The molecule has 13 nitrogen and oxygen atoms in total. The second kappa shape index (κ2) is 13.5. The summed E-state index contributed by atoms with van der Waals surface area (Å²) in [6.07, 6.45) is 0.929. The molecule has 13 heteroatoms. The number of esters is 1. The number of ether oxygens (including phenoxy) is 2. The Hall–Kier alpha value is -5.12. The van der Waals surface area contributed by atoms with E-state index in [4.69, 9.17) is 19.4 Å². The monoisotopic (exact) mass is 657 g/mol. The van der Waals surface area contributed by atoms with Crippen molar-refractivity contribution in [1.82, 2.24) is 29.2 Å². The lowest BCUT2D eigenvalue weighted by Gasteiger charge is -2.34. The van der Waals surface area contributed by atoms with Crippen molar-refractivity contribution in [3.63, 3.8) is 0 Å². The van der Waals surface area contributed by atoms with Crippen molar-refractivity contribution in [2.45, 2.75) is 98.2 Å². The van der Waals surface area contributed by atoms with Crippen molar-refractivity contribution in [3.05, 3.63) is 62.8 Å². The first-order chi connectivity index (χ1) is 22.6. The van der Waals surface area contributed by atoms with Crippen LogP contribution in [0.4, 0.5) is 10.7 Å². The first-order valence-electron chi connectivity index (χ1n) is 16.1. The molecule has 1 aliphatic rings. The molecule has 5 rings (SSSR count). The summed E-state index contributed by atoms with van der Waals surface area (Å²) in [5.41, 5.74) is -1.35. The number of alkyl carbamates (subject to hydrolysis) is 1. The number of piperidine rings is 1. The number of nitrogens with one attached hydrogen (secondary N) is 1. The largest absolute Gasteiger partial charge is 0.459 e. The number of hydrogen-bond acceptors (Lipinski definition) is 9. The number of aromatic nitrogens is 5. The van der Waals surface area contributed by atoms with Crippen molar-refractivity contribution in [1.29, 1.82) is 0 Å². The van der Waals surface area contributed by atoms with Crippen molar-refractivity contribution in [2.75, 3.05) is 18.0 Å². The minimum atomic E-state index is -0.804. The number of amides is 1. The maximum atomic E-state index is 14.5. The van der Waals surface area contributed by atoms with Crippen LogP contribution >= 0.6 is 0 Å². The molecule has 1 atom stereocenters. The maximum Gasteiger partial charge on any atom is 0.407 e. The predicted octanol–water partition coefficient (Wildman–Crippen LogP) is 3.81. The highest BCUT2D eigenvalue weighted by atomic mass is 16.6. The average molecular weight is 658 g/mol. The average Bonchev–Trinajstić information content (AvgIpc) is 3.38. The van der Waals surface area contributed by atoms with Crippen LogP contribution in [-0.2, 0) is 33.9 Å². The predicted molar refractivity (Wildman–Crippen MR) is 183 cm³/mol. The summed E-state index contributed by atoms with van der Waals surface area (Å²) < 4.78 is 15.0. The minimum absolute atomic E-state index is 0.0706. The van der Waals surface area contributed by atoms with Gasteiger partial charge in [-0.3, -0.25) is 23.9 Å². The standard InChI is InChI=1S/C35H43N7O6/c1-8-9-19-40-29-28(38-32(40)39-18-12-14-24(20-39)37-33(46)48-35(5,6)7)30(44)42(22-27(43)47-34(2,3)4)41(31(29)45)21-25-17-16-23-13-10-11-15-26(23)36-25/h10-11,13,15-17,24H,12,14,18-22H2,1-7H3,(H,37,46)/t24-/m1/s1. The van der Waals surface area contributed by atoms with Crippen molar-refractivity contribution < 1.29 is 19.1 Å². The Balaban J connectivity index is 1.63. The molecule has 0 unspecified atom stereocenters. The number of para-hydroxylation sites is 1. The van der Waals surface area contributed by atoms with E-state index in [0.717, 1.165) is 28.4 Å². The summed E-state index contributed by atoms with van der Waals surface area (Å²) in [4.78, 5) is 65.7. The summed E-state index contributed by atoms with van der Waals surface area (Å²) in [5.74, 6) is 5.59. The molecule has 0 saturated carbocycles. The Labute approximate surface area is 278 Å². The maximum absolute atomic E-state index is 14.5. The zero-order valence-corrected chi connectivity index (χ0v) is 28.6. The van der Waals surface area contributed by atoms with Crippen LogP contribution in [0.15, 0.2) is 46.0 Å². The highest BCUT2D eigenvalue weighted by Gasteiger charge is 2.30. The van der Waals surface area contributed by atoms with Gasteiger partial charge in [-0.15, -0.1) is 5.92 Å². The molecule has 254 valence electrons. The van der Waals surface area contributed by atoms with Gasteiger partial charge >= 0.3 is 12.1 Å². The van der Waals surface area contributed by atoms with Gasteiger partial charge in [0.05, 0.1) is 24.3 Å². The third-order valence-corrected chi connectivity index (χ3v) is 7.62. The zero-order valence-electron chi connectivity index (χ0n) is 28.6. The van der Waals surface area contributed by atoms with Crippen LogP contribution in [-0.4, -0.2) is 66.3 Å². The number of anilines is 1. The number of nitrogens with zero attached hydrogens (tertiary/aromatic N) is 6. The molecule has 1 N–H and O–H groups in total. The molecule has 0 aliphatic carbocycles. The van der Waals surface area contributed by atoms with Gasteiger partial charge in [0.15, 0.2) is 5.52 Å². The van der Waals surface area contributed by atoms with E-state index in [1.807, 2.05) is 35.2 Å². The topological polar surface area (TPSA) is 143 Å². The van der Waals surface area contributed by atoms with Crippen LogP contribution in [0, 0.1) is 11.8 Å². The van der Waals surface area contributed by atoms with Crippen molar-refractivity contribution in [3.8, 4) is 11.8 Å². The summed E-state index contributed by atoms with van der Waals surface area (Å²) >= 11 is 0. The summed E-state index contributed by atoms with van der Waals surface area (Å²) in [5, 5.41) is 3.86. The van der Waals surface area contributed by atoms with Gasteiger partial charge in [0.1, 0.15) is 23.3 Å². The number of carbonyl (C=O) groups excluding carboxylic acids is 2. The van der Waals surface area contributed by atoms with Crippen LogP contribution in [0.25, 0.3) is 21.9 Å². The first kappa shape index (κ1) is 34.2. The van der Waals surface area contributed by atoms with Gasteiger partial charge in [0, 0.05) is 24.5 Å². The Morgan fingerprint density at radius 3 is 2.40 bits per heavy atom. The normalized spacial score (nSPS) is 15.2. The molecular weight excluding hydrogens is 614 g/mol. The smallest absolute Gasteiger partial charge is 0.407 e. The van der Waals surface area contributed by atoms with E-state index in [1.54, 1.807) is 59.1 Å². The van der Waals surface area contributed by atoms with Crippen LogP contribution in [0.5, 0.6) is 0 Å². The summed E-state index contributed by atoms with van der Waals surface area (Å²) in [6.45, 7) is 12.8. The fraction of sp³-hybridized carbons (Fsp3) is 0.486. The Bertz CT molecular complexity index is 2030. The lowest BCUT2D eigenvalue weighted by Crippen LogP contribution is -2.49. The lowest BCUT2D eigenvalue weighted by atomic mass is 10.1. The number of hydrogen-bond donors (Lipinski definition) is 1. The summed E-state index contributed by atoms with van der Waals surface area (Å²) in [7, 11) is 0. The van der Waals surface area contributed by atoms with E-state index < -0.39 is 40.9 Å². The number of rotatable bonds is 7. The number of carbonyl (C=O) groups is 2. The van der Waals surface area contributed by atoms with Gasteiger partial charge in [-0.1, -0.05) is 30.2 Å². The van der Waals surface area contributed by atoms with E-state index in [1.165, 1.54) is 4.68 Å². The molecule has 48 heavy (non-hydrogen) atoms. The van der Waals surface area contributed by atoms with Crippen LogP contribution in [0.3, 0.4) is 0 Å². The fourth-order valence-electron chi connectivity index (χ4n) is 5.73. The van der Waals surface area contributed by atoms with Crippen LogP contribution < -0.4 is 21.3 Å². The third kappa shape index (κ3) is 7.87. The SMILES string of the molecule is CC#CCn1c(N2CCC[C@@H](NC(=O)OC(C)(C)C)C2)nc2c(=O)n(CC(=O)OC(C)(C)C)n(Cc3ccc4ccccc4n3)c(=O)c21. The Morgan fingerprint density at radius 1 is 0.958 bits per heavy atom. The van der Waals surface area contributed by atoms with Crippen molar-refractivity contribution in [2.24, 2.45) is 0 Å². The van der Waals surface area contributed by atoms with Gasteiger partial charge in [0.2, 0.25) is 5.95 Å². The molecule has 1 aliphatic heterocycles. The van der Waals surface area contributed by atoms with Gasteiger partial charge < -0.3 is 19.7 Å². The van der Waals surface area contributed by atoms with E-state index in [-0.39, 0.29) is 30.2 Å². The van der Waals surface area contributed by atoms with Crippen molar-refractivity contribution >= 4 is 39.9 Å². The molecule has 1 fully saturated rings. The second-order valence-electron chi connectivity index (χ2n) is 13.9. The molecule has 0 radical (unpaired) electrons.